The highest BCUT2D eigenvalue weighted by Crippen LogP contribution is 2.16. The number of carbonyl (C=O) groups excluding carboxylic acids is 1. The third-order valence-electron chi connectivity index (χ3n) is 3.62. The maximum Gasteiger partial charge on any atom is 0.327 e. The van der Waals surface area contributed by atoms with E-state index in [1.165, 1.54) is 6.42 Å². The summed E-state index contributed by atoms with van der Waals surface area (Å²) in [6.07, 6.45) is 6.99. The molecule has 2 rings (SSSR count). The van der Waals surface area contributed by atoms with Crippen molar-refractivity contribution in [2.75, 3.05) is 24.6 Å². The normalized spacial score (nSPS) is 15.0. The molecular formula is C15H23N3O3. The maximum atomic E-state index is 12.0. The first-order chi connectivity index (χ1) is 10.2. The lowest BCUT2D eigenvalue weighted by Gasteiger charge is -2.28. The van der Waals surface area contributed by atoms with Crippen LogP contribution >= 0.6 is 0 Å². The number of ether oxygens (including phenoxy) is 1. The number of unbranched alkanes of at least 4 members (excludes halogenated alkanes) is 1. The van der Waals surface area contributed by atoms with E-state index in [0.717, 1.165) is 49.1 Å². The van der Waals surface area contributed by atoms with Gasteiger partial charge >= 0.3 is 5.97 Å². The van der Waals surface area contributed by atoms with E-state index < -0.39 is 5.97 Å². The molecular weight excluding hydrogens is 270 g/mol. The number of hydrogen-bond donors (Lipinski definition) is 0. The van der Waals surface area contributed by atoms with Crippen LogP contribution < -0.4 is 10.5 Å². The zero-order valence-corrected chi connectivity index (χ0v) is 12.6. The molecule has 1 aromatic heterocycles. The summed E-state index contributed by atoms with van der Waals surface area (Å²) in [6.45, 7) is 4.23. The van der Waals surface area contributed by atoms with Gasteiger partial charge < -0.3 is 9.64 Å². The highest BCUT2D eigenvalue weighted by atomic mass is 16.5. The van der Waals surface area contributed by atoms with Gasteiger partial charge in [0.1, 0.15) is 6.54 Å². The average molecular weight is 293 g/mol. The third-order valence-corrected chi connectivity index (χ3v) is 3.62. The van der Waals surface area contributed by atoms with Crippen molar-refractivity contribution in [3.63, 3.8) is 0 Å². The zero-order chi connectivity index (χ0) is 15.1. The fourth-order valence-corrected chi connectivity index (χ4v) is 2.37. The molecule has 0 saturated carbocycles. The van der Waals surface area contributed by atoms with Crippen LogP contribution in [-0.4, -0.2) is 35.4 Å². The molecule has 6 nitrogen and oxygen atoms in total. The Hall–Kier alpha value is -1.85. The summed E-state index contributed by atoms with van der Waals surface area (Å²) in [4.78, 5) is 25.8. The van der Waals surface area contributed by atoms with Crippen LogP contribution in [0.1, 0.15) is 39.0 Å². The molecule has 1 saturated heterocycles. The second-order valence-electron chi connectivity index (χ2n) is 5.33. The SMILES string of the molecule is CCCCOC(=O)Cn1ncc(N2CCCCC2)cc1=O. The van der Waals surface area contributed by atoms with Crippen LogP contribution in [0.5, 0.6) is 0 Å². The molecule has 21 heavy (non-hydrogen) atoms. The van der Waals surface area contributed by atoms with E-state index in [4.69, 9.17) is 4.74 Å². The third kappa shape index (κ3) is 4.58. The van der Waals surface area contributed by atoms with E-state index in [-0.39, 0.29) is 12.1 Å². The lowest BCUT2D eigenvalue weighted by atomic mass is 10.1. The number of rotatable bonds is 6. The summed E-state index contributed by atoms with van der Waals surface area (Å²) in [5.74, 6) is -0.413. The van der Waals surface area contributed by atoms with Crippen LogP contribution in [0.4, 0.5) is 5.69 Å². The Morgan fingerprint density at radius 2 is 2.10 bits per heavy atom. The second kappa shape index (κ2) is 7.81. The number of aromatic nitrogens is 2. The van der Waals surface area contributed by atoms with Crippen LogP contribution in [0.25, 0.3) is 0 Å². The summed E-state index contributed by atoms with van der Waals surface area (Å²) >= 11 is 0. The highest BCUT2D eigenvalue weighted by Gasteiger charge is 2.13. The zero-order valence-electron chi connectivity index (χ0n) is 12.6. The number of carbonyl (C=O) groups is 1. The minimum Gasteiger partial charge on any atom is -0.464 e. The van der Waals surface area contributed by atoms with Gasteiger partial charge in [0, 0.05) is 19.2 Å². The fourth-order valence-electron chi connectivity index (χ4n) is 2.37. The molecule has 1 aliphatic heterocycles. The van der Waals surface area contributed by atoms with Crippen molar-refractivity contribution in [1.82, 2.24) is 9.78 Å². The molecule has 116 valence electrons. The van der Waals surface area contributed by atoms with Gasteiger partial charge in [-0.1, -0.05) is 13.3 Å². The fraction of sp³-hybridized carbons (Fsp3) is 0.667. The Bertz CT molecular complexity index is 521. The molecule has 0 unspecified atom stereocenters. The molecule has 0 spiro atoms. The van der Waals surface area contributed by atoms with Gasteiger partial charge in [0.25, 0.3) is 5.56 Å². The number of nitrogens with zero attached hydrogens (tertiary/aromatic N) is 3. The molecule has 0 N–H and O–H groups in total. The van der Waals surface area contributed by atoms with Crippen LogP contribution in [0.3, 0.4) is 0 Å². The van der Waals surface area contributed by atoms with Gasteiger partial charge in [-0.2, -0.15) is 5.10 Å². The lowest BCUT2D eigenvalue weighted by Crippen LogP contribution is -2.33. The first kappa shape index (κ1) is 15.5. The van der Waals surface area contributed by atoms with Gasteiger partial charge in [-0.05, 0) is 25.7 Å². The first-order valence-corrected chi connectivity index (χ1v) is 7.68. The molecule has 0 amide bonds. The average Bonchev–Trinajstić information content (AvgIpc) is 2.50. The molecule has 0 aromatic carbocycles. The van der Waals surface area contributed by atoms with Crippen LogP contribution in [0.2, 0.25) is 0 Å². The van der Waals surface area contributed by atoms with Gasteiger partial charge in [0.2, 0.25) is 0 Å². The van der Waals surface area contributed by atoms with Crippen molar-refractivity contribution in [1.29, 1.82) is 0 Å². The van der Waals surface area contributed by atoms with Crippen molar-refractivity contribution >= 4 is 11.7 Å². The van der Waals surface area contributed by atoms with E-state index >= 15 is 0 Å². The van der Waals surface area contributed by atoms with Crippen molar-refractivity contribution in [3.05, 3.63) is 22.6 Å². The van der Waals surface area contributed by atoms with Crippen molar-refractivity contribution in [2.45, 2.75) is 45.6 Å². The molecule has 2 heterocycles. The number of esters is 1. The Labute approximate surface area is 124 Å². The quantitative estimate of drug-likeness (QED) is 0.588. The topological polar surface area (TPSA) is 64.4 Å². The molecule has 0 radical (unpaired) electrons. The smallest absolute Gasteiger partial charge is 0.327 e. The van der Waals surface area contributed by atoms with Gasteiger partial charge in [-0.3, -0.25) is 9.59 Å². The van der Waals surface area contributed by atoms with Gasteiger partial charge in [-0.25, -0.2) is 4.68 Å². The van der Waals surface area contributed by atoms with Crippen molar-refractivity contribution in [3.8, 4) is 0 Å². The summed E-state index contributed by atoms with van der Waals surface area (Å²) in [7, 11) is 0. The molecule has 0 aliphatic carbocycles. The van der Waals surface area contributed by atoms with E-state index in [2.05, 4.69) is 10.00 Å². The van der Waals surface area contributed by atoms with Crippen LogP contribution in [0, 0.1) is 0 Å². The van der Waals surface area contributed by atoms with Crippen LogP contribution in [-0.2, 0) is 16.1 Å². The van der Waals surface area contributed by atoms with E-state index in [0.29, 0.717) is 6.61 Å². The number of hydrogen-bond acceptors (Lipinski definition) is 5. The predicted molar refractivity (Wildman–Crippen MR) is 80.4 cm³/mol. The largest absolute Gasteiger partial charge is 0.464 e. The maximum absolute atomic E-state index is 12.0. The monoisotopic (exact) mass is 293 g/mol. The Morgan fingerprint density at radius 1 is 1.33 bits per heavy atom. The summed E-state index contributed by atoms with van der Waals surface area (Å²) in [6, 6.07) is 1.55. The summed E-state index contributed by atoms with van der Waals surface area (Å²) in [5.41, 5.74) is 0.584. The standard InChI is InChI=1S/C15H23N3O3/c1-2-3-9-21-15(20)12-18-14(19)10-13(11-16-18)17-7-5-4-6-8-17/h10-11H,2-9,12H2,1H3. The Balaban J connectivity index is 1.95. The van der Waals surface area contributed by atoms with Gasteiger partial charge in [0.15, 0.2) is 0 Å². The lowest BCUT2D eigenvalue weighted by molar-refractivity contribution is -0.144. The van der Waals surface area contributed by atoms with Crippen molar-refractivity contribution in [2.24, 2.45) is 0 Å². The summed E-state index contributed by atoms with van der Waals surface area (Å²) < 4.78 is 6.19. The Morgan fingerprint density at radius 3 is 2.76 bits per heavy atom. The summed E-state index contributed by atoms with van der Waals surface area (Å²) in [5, 5.41) is 4.08. The second-order valence-corrected chi connectivity index (χ2v) is 5.33. The first-order valence-electron chi connectivity index (χ1n) is 7.68. The number of anilines is 1. The van der Waals surface area contributed by atoms with Crippen molar-refractivity contribution < 1.29 is 9.53 Å². The molecule has 6 heteroatoms. The van der Waals surface area contributed by atoms with Gasteiger partial charge in [0.05, 0.1) is 18.5 Å². The van der Waals surface area contributed by atoms with Gasteiger partial charge in [-0.15, -0.1) is 0 Å². The molecule has 0 atom stereocenters. The Kier molecular flexibility index (Phi) is 5.78. The van der Waals surface area contributed by atoms with E-state index in [1.54, 1.807) is 12.3 Å². The minimum atomic E-state index is -0.413. The number of piperidine rings is 1. The molecule has 1 aliphatic rings. The molecule has 1 fully saturated rings. The molecule has 0 bridgehead atoms. The highest BCUT2D eigenvalue weighted by molar-refractivity contribution is 5.69. The predicted octanol–water partition coefficient (Wildman–Crippen LogP) is 1.58. The van der Waals surface area contributed by atoms with E-state index in [1.807, 2.05) is 6.92 Å². The van der Waals surface area contributed by atoms with Crippen LogP contribution in [0.15, 0.2) is 17.1 Å². The molecule has 1 aromatic rings. The minimum absolute atomic E-state index is 0.122. The van der Waals surface area contributed by atoms with E-state index in [9.17, 15) is 9.59 Å².